The molecule has 0 amide bonds. The van der Waals surface area contributed by atoms with Gasteiger partial charge in [0.05, 0.1) is 5.92 Å². The van der Waals surface area contributed by atoms with Crippen molar-refractivity contribution in [3.05, 3.63) is 0 Å². The van der Waals surface area contributed by atoms with E-state index in [1.54, 1.807) is 0 Å². The lowest BCUT2D eigenvalue weighted by molar-refractivity contribution is -0.184. The van der Waals surface area contributed by atoms with Gasteiger partial charge in [-0.1, -0.05) is 12.8 Å². The average molecular weight is 301 g/mol. The van der Waals surface area contributed by atoms with Crippen molar-refractivity contribution in [2.45, 2.75) is 76.0 Å². The molecule has 0 aromatic rings. The van der Waals surface area contributed by atoms with Gasteiger partial charge in [-0.2, -0.15) is 13.2 Å². The Labute approximate surface area is 125 Å². The molecule has 0 aromatic carbocycles. The molecule has 4 aliphatic rings. The van der Waals surface area contributed by atoms with Crippen LogP contribution in [-0.4, -0.2) is 18.3 Å². The molecule has 4 heteroatoms. The quantitative estimate of drug-likeness (QED) is 0.790. The summed E-state index contributed by atoms with van der Waals surface area (Å²) in [5.41, 5.74) is 0. The summed E-state index contributed by atoms with van der Waals surface area (Å²) < 4.78 is 38.8. The molecule has 0 aliphatic heterocycles. The Bertz CT molecular complexity index is 394. The van der Waals surface area contributed by atoms with Crippen molar-refractivity contribution in [1.82, 2.24) is 5.32 Å². The van der Waals surface area contributed by atoms with E-state index in [0.717, 1.165) is 36.5 Å². The highest BCUT2D eigenvalue weighted by Crippen LogP contribution is 2.58. The standard InChI is InChI=1S/C17H26F3N/c18-17(19,20)11-3-1-4-12(9-11)21-16-8-10-7-15(16)14-6-2-5-13(10)14/h10-16,21H,1-9H2. The van der Waals surface area contributed by atoms with E-state index >= 15 is 0 Å². The molecule has 21 heavy (non-hydrogen) atoms. The van der Waals surface area contributed by atoms with Crippen LogP contribution in [0.2, 0.25) is 0 Å². The number of fused-ring (bicyclic) bond motifs is 5. The van der Waals surface area contributed by atoms with E-state index in [-0.39, 0.29) is 6.04 Å². The summed E-state index contributed by atoms with van der Waals surface area (Å²) in [6.07, 6.45) is 5.08. The van der Waals surface area contributed by atoms with Crippen LogP contribution in [0.5, 0.6) is 0 Å². The van der Waals surface area contributed by atoms with E-state index in [0.29, 0.717) is 18.9 Å². The largest absolute Gasteiger partial charge is 0.391 e. The highest BCUT2D eigenvalue weighted by atomic mass is 19.4. The molecular weight excluding hydrogens is 275 g/mol. The van der Waals surface area contributed by atoms with Gasteiger partial charge in [-0.3, -0.25) is 0 Å². The smallest absolute Gasteiger partial charge is 0.311 e. The van der Waals surface area contributed by atoms with Crippen molar-refractivity contribution < 1.29 is 13.2 Å². The Hall–Kier alpha value is -0.250. The van der Waals surface area contributed by atoms with Crippen molar-refractivity contribution in [3.63, 3.8) is 0 Å². The minimum atomic E-state index is -3.99. The van der Waals surface area contributed by atoms with Gasteiger partial charge in [-0.15, -0.1) is 0 Å². The van der Waals surface area contributed by atoms with Gasteiger partial charge in [0.2, 0.25) is 0 Å². The first-order valence-electron chi connectivity index (χ1n) is 8.85. The zero-order valence-corrected chi connectivity index (χ0v) is 12.5. The molecule has 0 spiro atoms. The molecule has 4 saturated carbocycles. The molecule has 0 saturated heterocycles. The predicted octanol–water partition coefficient (Wildman–Crippen LogP) is 4.52. The monoisotopic (exact) mass is 301 g/mol. The van der Waals surface area contributed by atoms with Crippen molar-refractivity contribution in [3.8, 4) is 0 Å². The summed E-state index contributed by atoms with van der Waals surface area (Å²) in [5.74, 6) is 2.43. The zero-order valence-electron chi connectivity index (χ0n) is 12.5. The van der Waals surface area contributed by atoms with E-state index in [1.807, 2.05) is 0 Å². The summed E-state index contributed by atoms with van der Waals surface area (Å²) in [5, 5.41) is 3.66. The maximum Gasteiger partial charge on any atom is 0.391 e. The van der Waals surface area contributed by atoms with Crippen LogP contribution in [0.15, 0.2) is 0 Å². The molecule has 4 aliphatic carbocycles. The Kier molecular flexibility index (Phi) is 3.51. The van der Waals surface area contributed by atoms with Crippen LogP contribution in [0.25, 0.3) is 0 Å². The fourth-order valence-electron chi connectivity index (χ4n) is 6.20. The number of alkyl halides is 3. The molecule has 4 rings (SSSR count). The summed E-state index contributed by atoms with van der Waals surface area (Å²) >= 11 is 0. The summed E-state index contributed by atoms with van der Waals surface area (Å²) in [4.78, 5) is 0. The van der Waals surface area contributed by atoms with Gasteiger partial charge in [-0.05, 0) is 68.6 Å². The molecule has 7 atom stereocenters. The van der Waals surface area contributed by atoms with E-state index < -0.39 is 12.1 Å². The van der Waals surface area contributed by atoms with Crippen LogP contribution in [0.1, 0.15) is 57.8 Å². The third-order valence-corrected chi connectivity index (χ3v) is 7.02. The summed E-state index contributed by atoms with van der Waals surface area (Å²) in [6, 6.07) is 0.626. The van der Waals surface area contributed by atoms with Crippen LogP contribution >= 0.6 is 0 Å². The van der Waals surface area contributed by atoms with Gasteiger partial charge in [0.1, 0.15) is 0 Å². The second-order valence-electron chi connectivity index (χ2n) is 8.03. The molecule has 120 valence electrons. The molecular formula is C17H26F3N. The Morgan fingerprint density at radius 1 is 0.762 bits per heavy atom. The number of rotatable bonds is 2. The average Bonchev–Trinajstić information content (AvgIpc) is 3.09. The number of nitrogens with one attached hydrogen (secondary N) is 1. The fourth-order valence-corrected chi connectivity index (χ4v) is 6.20. The van der Waals surface area contributed by atoms with Crippen LogP contribution < -0.4 is 5.32 Å². The third-order valence-electron chi connectivity index (χ3n) is 7.02. The van der Waals surface area contributed by atoms with Crippen molar-refractivity contribution in [1.29, 1.82) is 0 Å². The molecule has 0 radical (unpaired) electrons. The number of hydrogen-bond donors (Lipinski definition) is 1. The molecule has 4 fully saturated rings. The van der Waals surface area contributed by atoms with Gasteiger partial charge in [-0.25, -0.2) is 0 Å². The maximum atomic E-state index is 12.9. The minimum absolute atomic E-state index is 0.106. The van der Waals surface area contributed by atoms with Crippen LogP contribution in [-0.2, 0) is 0 Å². The summed E-state index contributed by atoms with van der Waals surface area (Å²) in [6.45, 7) is 0. The van der Waals surface area contributed by atoms with Crippen LogP contribution in [0.4, 0.5) is 13.2 Å². The van der Waals surface area contributed by atoms with Crippen molar-refractivity contribution >= 4 is 0 Å². The normalized spacial score (nSPS) is 49.6. The number of halogens is 3. The van der Waals surface area contributed by atoms with Gasteiger partial charge in [0, 0.05) is 12.1 Å². The third kappa shape index (κ3) is 2.51. The number of hydrogen-bond acceptors (Lipinski definition) is 1. The topological polar surface area (TPSA) is 12.0 Å². The summed E-state index contributed by atoms with van der Waals surface area (Å²) in [7, 11) is 0. The van der Waals surface area contributed by atoms with Crippen molar-refractivity contribution in [2.24, 2.45) is 29.6 Å². The van der Waals surface area contributed by atoms with Gasteiger partial charge in [0.25, 0.3) is 0 Å². The molecule has 2 bridgehead atoms. The highest BCUT2D eigenvalue weighted by Gasteiger charge is 2.54. The lowest BCUT2D eigenvalue weighted by Gasteiger charge is -2.38. The van der Waals surface area contributed by atoms with Crippen LogP contribution in [0, 0.1) is 29.6 Å². The van der Waals surface area contributed by atoms with Gasteiger partial charge in [0.15, 0.2) is 0 Å². The van der Waals surface area contributed by atoms with Gasteiger partial charge < -0.3 is 5.32 Å². The SMILES string of the molecule is FC(F)(F)C1CCCC(NC2CC3CC2C2CCCC32)C1. The second kappa shape index (κ2) is 5.14. The second-order valence-corrected chi connectivity index (χ2v) is 8.03. The van der Waals surface area contributed by atoms with E-state index in [4.69, 9.17) is 0 Å². The fraction of sp³-hybridized carbons (Fsp3) is 1.00. The first-order chi connectivity index (χ1) is 10.0. The molecule has 0 heterocycles. The Morgan fingerprint density at radius 3 is 2.33 bits per heavy atom. The lowest BCUT2D eigenvalue weighted by Crippen LogP contribution is -2.47. The van der Waals surface area contributed by atoms with E-state index in [1.165, 1.54) is 32.1 Å². The highest BCUT2D eigenvalue weighted by molar-refractivity contribution is 5.06. The first kappa shape index (κ1) is 14.3. The zero-order chi connectivity index (χ0) is 14.6. The maximum absolute atomic E-state index is 12.9. The van der Waals surface area contributed by atoms with E-state index in [9.17, 15) is 13.2 Å². The first-order valence-corrected chi connectivity index (χ1v) is 8.85. The molecule has 1 N–H and O–H groups in total. The molecule has 7 unspecified atom stereocenters. The molecule has 0 aromatic heterocycles. The lowest BCUT2D eigenvalue weighted by atomic mass is 9.78. The minimum Gasteiger partial charge on any atom is -0.311 e. The Balaban J connectivity index is 1.37. The molecule has 1 nitrogen and oxygen atoms in total. The predicted molar refractivity (Wildman–Crippen MR) is 75.8 cm³/mol. The Morgan fingerprint density at radius 2 is 1.52 bits per heavy atom. The van der Waals surface area contributed by atoms with Crippen LogP contribution in [0.3, 0.4) is 0 Å². The van der Waals surface area contributed by atoms with Crippen molar-refractivity contribution in [2.75, 3.05) is 0 Å². The van der Waals surface area contributed by atoms with E-state index in [2.05, 4.69) is 5.32 Å². The van der Waals surface area contributed by atoms with Gasteiger partial charge >= 0.3 is 6.18 Å².